The number of hydrogen-bond donors (Lipinski definition) is 0. The van der Waals surface area contributed by atoms with E-state index in [1.54, 1.807) is 0 Å². The Morgan fingerprint density at radius 2 is 1.58 bits per heavy atom. The third-order valence-electron chi connectivity index (χ3n) is 6.93. The van der Waals surface area contributed by atoms with Crippen molar-refractivity contribution in [3.05, 3.63) is 114 Å². The van der Waals surface area contributed by atoms with Crippen LogP contribution in [0.2, 0.25) is 0 Å². The molecule has 2 radical (unpaired) electrons. The molecule has 4 heteroatoms. The Morgan fingerprint density at radius 1 is 0.895 bits per heavy atom. The van der Waals surface area contributed by atoms with Crippen LogP contribution in [0.25, 0.3) is 33.0 Å². The van der Waals surface area contributed by atoms with Crippen LogP contribution < -0.4 is 10.4 Å². The zero-order valence-corrected chi connectivity index (χ0v) is 27.4. The van der Waals surface area contributed by atoms with Gasteiger partial charge in [0.25, 0.3) is 0 Å². The van der Waals surface area contributed by atoms with E-state index in [1.165, 1.54) is 66.5 Å². The molecule has 0 aliphatic carbocycles. The van der Waals surface area contributed by atoms with Gasteiger partial charge in [-0.3, -0.25) is 0 Å². The predicted molar refractivity (Wildman–Crippen MR) is 165 cm³/mol. The quantitative estimate of drug-likeness (QED) is 0.135. The molecule has 0 unspecified atom stereocenters. The normalized spacial score (nSPS) is 11.1. The Morgan fingerprint density at radius 3 is 2.29 bits per heavy atom. The van der Waals surface area contributed by atoms with E-state index < -0.39 is 20.8 Å². The molecule has 5 aromatic carbocycles. The van der Waals surface area contributed by atoms with Gasteiger partial charge in [-0.15, -0.1) is 40.1 Å². The van der Waals surface area contributed by atoms with Gasteiger partial charge in [0.05, 0.1) is 9.52 Å². The maximum atomic E-state index is 4.93. The smallest absolute Gasteiger partial charge is 0.0920 e. The SMILES string of the molecule is CCCc1ccc2[cH-]c(C(C)C)cc2c1-c1ccccc1C.[Cl][Zr+2][Cl].[c-]1cccc2c1[Si]c1ccccc1-2. The number of aryl methyl sites for hydroxylation is 2. The van der Waals surface area contributed by atoms with Gasteiger partial charge in [-0.25, -0.2) is 0 Å². The minimum absolute atomic E-state index is 0.576. The number of hydrogen-bond acceptors (Lipinski definition) is 0. The van der Waals surface area contributed by atoms with Crippen LogP contribution in [0, 0.1) is 13.0 Å². The van der Waals surface area contributed by atoms with E-state index in [2.05, 4.69) is 119 Å². The summed E-state index contributed by atoms with van der Waals surface area (Å²) in [5, 5.41) is 5.62. The Balaban J connectivity index is 0.000000177. The summed E-state index contributed by atoms with van der Waals surface area (Å²) in [5.74, 6) is 0.576. The van der Waals surface area contributed by atoms with E-state index in [9.17, 15) is 0 Å². The van der Waals surface area contributed by atoms with E-state index in [-0.39, 0.29) is 0 Å². The fourth-order valence-corrected chi connectivity index (χ4v) is 6.37. The van der Waals surface area contributed by atoms with Crippen molar-refractivity contribution < 1.29 is 20.8 Å². The van der Waals surface area contributed by atoms with E-state index in [0.717, 1.165) is 15.9 Å². The molecule has 0 bridgehead atoms. The van der Waals surface area contributed by atoms with Crippen LogP contribution in [0.4, 0.5) is 0 Å². The summed E-state index contributed by atoms with van der Waals surface area (Å²) in [6.07, 6.45) is 2.32. The molecule has 1 aliphatic heterocycles. The van der Waals surface area contributed by atoms with Gasteiger partial charge in [0.2, 0.25) is 0 Å². The van der Waals surface area contributed by atoms with Crippen LogP contribution in [0.15, 0.2) is 91.0 Å². The summed E-state index contributed by atoms with van der Waals surface area (Å²) in [7, 11) is 10.7. The van der Waals surface area contributed by atoms with Crippen molar-refractivity contribution in [1.82, 2.24) is 0 Å². The number of halogens is 2. The van der Waals surface area contributed by atoms with Crippen LogP contribution in [-0.2, 0) is 27.3 Å². The Bertz CT molecular complexity index is 1460. The second kappa shape index (κ2) is 14.0. The molecule has 6 rings (SSSR count). The monoisotopic (exact) mass is 628 g/mol. The van der Waals surface area contributed by atoms with Crippen LogP contribution in [-0.4, -0.2) is 9.52 Å². The van der Waals surface area contributed by atoms with Crippen LogP contribution in [0.3, 0.4) is 0 Å². The molecule has 0 nitrogen and oxygen atoms in total. The molecule has 0 atom stereocenters. The maximum absolute atomic E-state index is 4.93. The third kappa shape index (κ3) is 6.65. The molecule has 1 heterocycles. The van der Waals surface area contributed by atoms with Crippen molar-refractivity contribution in [3.63, 3.8) is 0 Å². The first-order chi connectivity index (χ1) is 18.5. The first-order valence-corrected chi connectivity index (χ1v) is 20.4. The van der Waals surface area contributed by atoms with Gasteiger partial charge in [0.15, 0.2) is 0 Å². The molecular formula is C34H32Cl2SiZr. The van der Waals surface area contributed by atoms with Gasteiger partial charge in [-0.05, 0) is 30.4 Å². The van der Waals surface area contributed by atoms with Gasteiger partial charge in [-0.2, -0.15) is 35.5 Å². The molecular weight excluding hydrogens is 599 g/mol. The Hall–Kier alpha value is -1.83. The standard InChI is InChI=1S/C22H25.C12H7Si.2ClH.Zr/c1-5-8-17-11-12-18-13-19(15(2)3)14-21(18)22(17)20-10-7-6-9-16(20)4;1-3-7-11-9(5-1)10-6-2-4-8-12(10)13-11;;;/h6-7,9-15H,5,8H2,1-4H3;1-7H;2*1H;/q2*-1;;;+4/p-2. The predicted octanol–water partition coefficient (Wildman–Crippen LogP) is 9.11. The van der Waals surface area contributed by atoms with Crippen molar-refractivity contribution >= 4 is 47.7 Å². The summed E-state index contributed by atoms with van der Waals surface area (Å²) >= 11 is -0.826. The Labute approximate surface area is 249 Å². The topological polar surface area (TPSA) is 0 Å². The first kappa shape index (κ1) is 29.2. The summed E-state index contributed by atoms with van der Waals surface area (Å²) in [6, 6.07) is 36.3. The fourth-order valence-electron chi connectivity index (χ4n) is 5.06. The van der Waals surface area contributed by atoms with Crippen LogP contribution in [0.1, 0.15) is 49.8 Å². The second-order valence-electron chi connectivity index (χ2n) is 9.81. The average Bonchev–Trinajstić information content (AvgIpc) is 3.52. The zero-order chi connectivity index (χ0) is 27.1. The van der Waals surface area contributed by atoms with Gasteiger partial charge in [0.1, 0.15) is 0 Å². The summed E-state index contributed by atoms with van der Waals surface area (Å²) in [6.45, 7) is 9.02. The molecule has 0 fully saturated rings. The molecule has 0 amide bonds. The second-order valence-corrected chi connectivity index (χ2v) is 14.8. The zero-order valence-electron chi connectivity index (χ0n) is 22.4. The average molecular weight is 631 g/mol. The van der Waals surface area contributed by atoms with Gasteiger partial charge in [0, 0.05) is 0 Å². The molecule has 0 saturated heterocycles. The molecule has 190 valence electrons. The molecule has 0 N–H and O–H groups in total. The Kier molecular flexibility index (Phi) is 10.7. The number of rotatable bonds is 4. The number of benzene rings is 4. The van der Waals surface area contributed by atoms with Crippen molar-refractivity contribution in [1.29, 1.82) is 0 Å². The van der Waals surface area contributed by atoms with E-state index >= 15 is 0 Å². The van der Waals surface area contributed by atoms with E-state index in [0.29, 0.717) is 5.92 Å². The summed E-state index contributed by atoms with van der Waals surface area (Å²) in [4.78, 5) is 0. The maximum Gasteiger partial charge on any atom is 0.0920 e. The van der Waals surface area contributed by atoms with Crippen molar-refractivity contribution in [2.24, 2.45) is 0 Å². The summed E-state index contributed by atoms with van der Waals surface area (Å²) in [5.41, 5.74) is 9.88. The molecule has 0 spiro atoms. The molecule has 0 saturated carbocycles. The molecule has 0 aromatic heterocycles. The van der Waals surface area contributed by atoms with Crippen molar-refractivity contribution in [3.8, 4) is 22.3 Å². The largest absolute Gasteiger partial charge is 0.184 e. The van der Waals surface area contributed by atoms with Gasteiger partial charge >= 0.3 is 37.9 Å². The van der Waals surface area contributed by atoms with E-state index in [1.807, 2.05) is 6.07 Å². The van der Waals surface area contributed by atoms with Crippen LogP contribution >= 0.6 is 17.0 Å². The van der Waals surface area contributed by atoms with Crippen molar-refractivity contribution in [2.45, 2.75) is 46.5 Å². The fraction of sp³-hybridized carbons (Fsp3) is 0.206. The first-order valence-electron chi connectivity index (χ1n) is 13.1. The minimum Gasteiger partial charge on any atom is -0.184 e. The summed E-state index contributed by atoms with van der Waals surface area (Å²) < 4.78 is 0. The third-order valence-corrected chi connectivity index (χ3v) is 8.30. The minimum atomic E-state index is -0.826. The van der Waals surface area contributed by atoms with Gasteiger partial charge in [-0.1, -0.05) is 97.6 Å². The molecule has 38 heavy (non-hydrogen) atoms. The molecule has 1 aliphatic rings. The molecule has 5 aromatic rings. The van der Waals surface area contributed by atoms with E-state index in [4.69, 9.17) is 17.0 Å². The van der Waals surface area contributed by atoms with Crippen molar-refractivity contribution in [2.75, 3.05) is 0 Å². The van der Waals surface area contributed by atoms with Gasteiger partial charge < -0.3 is 0 Å². The number of fused-ring (bicyclic) bond motifs is 4. The van der Waals surface area contributed by atoms with Crippen LogP contribution in [0.5, 0.6) is 0 Å².